The molecule has 0 amide bonds. The number of nitrogens with one attached hydrogen (secondary N) is 1. The SMILES string of the molecule is Cl.OCCCCNC1CC1. The third kappa shape index (κ3) is 5.03. The van der Waals surface area contributed by atoms with Crippen LogP contribution in [-0.4, -0.2) is 24.3 Å². The molecule has 0 aromatic carbocycles. The Hall–Kier alpha value is 0.210. The van der Waals surface area contributed by atoms with Crippen LogP contribution in [0.5, 0.6) is 0 Å². The van der Waals surface area contributed by atoms with Crippen LogP contribution in [0.4, 0.5) is 0 Å². The van der Waals surface area contributed by atoms with Crippen molar-refractivity contribution >= 4 is 12.4 Å². The first kappa shape index (κ1) is 10.2. The maximum absolute atomic E-state index is 8.42. The summed E-state index contributed by atoms with van der Waals surface area (Å²) in [5.74, 6) is 0. The van der Waals surface area contributed by atoms with E-state index in [0.717, 1.165) is 25.4 Å². The molecule has 10 heavy (non-hydrogen) atoms. The fourth-order valence-corrected chi connectivity index (χ4v) is 0.830. The predicted molar refractivity (Wildman–Crippen MR) is 44.6 cm³/mol. The molecule has 0 spiro atoms. The zero-order valence-electron chi connectivity index (χ0n) is 6.18. The van der Waals surface area contributed by atoms with Gasteiger partial charge in [0.25, 0.3) is 0 Å². The molecule has 0 aliphatic heterocycles. The first-order valence-corrected chi connectivity index (χ1v) is 3.77. The average Bonchev–Trinajstić information content (AvgIpc) is 2.63. The average molecular weight is 166 g/mol. The largest absolute Gasteiger partial charge is 0.396 e. The molecule has 3 heteroatoms. The Morgan fingerprint density at radius 1 is 1.30 bits per heavy atom. The van der Waals surface area contributed by atoms with Gasteiger partial charge in [0.05, 0.1) is 0 Å². The van der Waals surface area contributed by atoms with E-state index in [1.165, 1.54) is 12.8 Å². The first-order valence-electron chi connectivity index (χ1n) is 3.77. The zero-order valence-corrected chi connectivity index (χ0v) is 6.99. The van der Waals surface area contributed by atoms with Crippen LogP contribution in [0.1, 0.15) is 25.7 Å². The van der Waals surface area contributed by atoms with Gasteiger partial charge in [0, 0.05) is 12.6 Å². The van der Waals surface area contributed by atoms with E-state index in [-0.39, 0.29) is 12.4 Å². The molecule has 0 radical (unpaired) electrons. The second-order valence-corrected chi connectivity index (χ2v) is 2.66. The molecule has 1 aliphatic rings. The molecule has 2 nitrogen and oxygen atoms in total. The van der Waals surface area contributed by atoms with Gasteiger partial charge in [-0.1, -0.05) is 0 Å². The van der Waals surface area contributed by atoms with Crippen molar-refractivity contribution in [1.82, 2.24) is 5.32 Å². The van der Waals surface area contributed by atoms with Gasteiger partial charge in [-0.05, 0) is 32.2 Å². The summed E-state index contributed by atoms with van der Waals surface area (Å²) in [5, 5.41) is 11.8. The van der Waals surface area contributed by atoms with Crippen molar-refractivity contribution < 1.29 is 5.11 Å². The molecule has 1 fully saturated rings. The lowest BCUT2D eigenvalue weighted by Crippen LogP contribution is -2.17. The fraction of sp³-hybridized carbons (Fsp3) is 1.00. The minimum atomic E-state index is 0. The van der Waals surface area contributed by atoms with Crippen LogP contribution in [0.3, 0.4) is 0 Å². The Bertz CT molecular complexity index is 76.0. The van der Waals surface area contributed by atoms with E-state index in [1.807, 2.05) is 0 Å². The molecule has 1 saturated carbocycles. The van der Waals surface area contributed by atoms with Crippen molar-refractivity contribution in [3.63, 3.8) is 0 Å². The molecule has 0 unspecified atom stereocenters. The van der Waals surface area contributed by atoms with Crippen molar-refractivity contribution in [2.45, 2.75) is 31.7 Å². The van der Waals surface area contributed by atoms with Gasteiger partial charge in [0.1, 0.15) is 0 Å². The second kappa shape index (κ2) is 5.96. The summed E-state index contributed by atoms with van der Waals surface area (Å²) < 4.78 is 0. The summed E-state index contributed by atoms with van der Waals surface area (Å²) in [5.41, 5.74) is 0. The van der Waals surface area contributed by atoms with Crippen LogP contribution < -0.4 is 5.32 Å². The summed E-state index contributed by atoms with van der Waals surface area (Å²) in [6, 6.07) is 0.823. The van der Waals surface area contributed by atoms with Gasteiger partial charge in [-0.2, -0.15) is 0 Å². The molecule has 1 aliphatic carbocycles. The highest BCUT2D eigenvalue weighted by atomic mass is 35.5. The molecule has 0 bridgehead atoms. The lowest BCUT2D eigenvalue weighted by atomic mass is 10.3. The van der Waals surface area contributed by atoms with Crippen LogP contribution in [0.25, 0.3) is 0 Å². The van der Waals surface area contributed by atoms with Crippen LogP contribution in [0.2, 0.25) is 0 Å². The third-order valence-corrected chi connectivity index (χ3v) is 1.60. The maximum Gasteiger partial charge on any atom is 0.0431 e. The minimum absolute atomic E-state index is 0. The van der Waals surface area contributed by atoms with Crippen LogP contribution in [0, 0.1) is 0 Å². The molecule has 0 saturated heterocycles. The molecule has 2 N–H and O–H groups in total. The number of unbranched alkanes of at least 4 members (excludes halogenated alkanes) is 1. The third-order valence-electron chi connectivity index (χ3n) is 1.60. The van der Waals surface area contributed by atoms with Gasteiger partial charge < -0.3 is 10.4 Å². The molecule has 0 atom stereocenters. The molecule has 0 aromatic rings. The van der Waals surface area contributed by atoms with Crippen LogP contribution in [0.15, 0.2) is 0 Å². The van der Waals surface area contributed by atoms with Crippen molar-refractivity contribution in [3.05, 3.63) is 0 Å². The summed E-state index contributed by atoms with van der Waals surface area (Å²) >= 11 is 0. The molecular weight excluding hydrogens is 150 g/mol. The minimum Gasteiger partial charge on any atom is -0.396 e. The highest BCUT2D eigenvalue weighted by Gasteiger charge is 2.19. The van der Waals surface area contributed by atoms with Gasteiger partial charge in [-0.15, -0.1) is 12.4 Å². The van der Waals surface area contributed by atoms with E-state index in [0.29, 0.717) is 6.61 Å². The fourth-order valence-electron chi connectivity index (χ4n) is 0.830. The number of hydrogen-bond donors (Lipinski definition) is 2. The van der Waals surface area contributed by atoms with E-state index in [1.54, 1.807) is 0 Å². The summed E-state index contributed by atoms with van der Waals surface area (Å²) in [7, 11) is 0. The normalized spacial score (nSPS) is 16.5. The Kier molecular flexibility index (Phi) is 6.08. The number of rotatable bonds is 5. The van der Waals surface area contributed by atoms with Crippen molar-refractivity contribution in [3.8, 4) is 0 Å². The molecular formula is C7H16ClNO. The number of aliphatic hydroxyl groups excluding tert-OH is 1. The Morgan fingerprint density at radius 2 is 2.00 bits per heavy atom. The van der Waals surface area contributed by atoms with Gasteiger partial charge >= 0.3 is 0 Å². The number of halogens is 1. The topological polar surface area (TPSA) is 32.3 Å². The number of aliphatic hydroxyl groups is 1. The maximum atomic E-state index is 8.42. The molecule has 0 aromatic heterocycles. The monoisotopic (exact) mass is 165 g/mol. The summed E-state index contributed by atoms with van der Waals surface area (Å²) in [6.07, 6.45) is 4.78. The molecule has 1 rings (SSSR count). The van der Waals surface area contributed by atoms with E-state index in [4.69, 9.17) is 5.11 Å². The first-order chi connectivity index (χ1) is 4.43. The second-order valence-electron chi connectivity index (χ2n) is 2.66. The van der Waals surface area contributed by atoms with E-state index in [2.05, 4.69) is 5.32 Å². The lowest BCUT2D eigenvalue weighted by Gasteiger charge is -1.98. The quantitative estimate of drug-likeness (QED) is 0.595. The van der Waals surface area contributed by atoms with Crippen molar-refractivity contribution in [2.24, 2.45) is 0 Å². The van der Waals surface area contributed by atoms with Gasteiger partial charge in [0.15, 0.2) is 0 Å². The van der Waals surface area contributed by atoms with Crippen molar-refractivity contribution in [1.29, 1.82) is 0 Å². The smallest absolute Gasteiger partial charge is 0.0431 e. The van der Waals surface area contributed by atoms with Crippen LogP contribution >= 0.6 is 12.4 Å². The summed E-state index contributed by atoms with van der Waals surface area (Å²) in [4.78, 5) is 0. The Morgan fingerprint density at radius 3 is 2.50 bits per heavy atom. The van der Waals surface area contributed by atoms with Crippen molar-refractivity contribution in [2.75, 3.05) is 13.2 Å². The highest BCUT2D eigenvalue weighted by molar-refractivity contribution is 5.85. The number of hydrogen-bond acceptors (Lipinski definition) is 2. The lowest BCUT2D eigenvalue weighted by molar-refractivity contribution is 0.283. The molecule has 62 valence electrons. The molecule has 0 heterocycles. The van der Waals surface area contributed by atoms with E-state index >= 15 is 0 Å². The Balaban J connectivity index is 0.000000810. The van der Waals surface area contributed by atoms with Gasteiger partial charge in [-0.3, -0.25) is 0 Å². The zero-order chi connectivity index (χ0) is 6.53. The predicted octanol–water partition coefficient (Wildman–Crippen LogP) is 0.933. The van der Waals surface area contributed by atoms with Gasteiger partial charge in [-0.25, -0.2) is 0 Å². The van der Waals surface area contributed by atoms with E-state index < -0.39 is 0 Å². The summed E-state index contributed by atoms with van der Waals surface area (Å²) in [6.45, 7) is 1.43. The van der Waals surface area contributed by atoms with Crippen LogP contribution in [-0.2, 0) is 0 Å². The van der Waals surface area contributed by atoms with E-state index in [9.17, 15) is 0 Å². The Labute approximate surface area is 68.4 Å². The standard InChI is InChI=1S/C7H15NO.ClH/c9-6-2-1-5-8-7-3-4-7;/h7-9H,1-6H2;1H. The highest BCUT2D eigenvalue weighted by Crippen LogP contribution is 2.18. The van der Waals surface area contributed by atoms with Gasteiger partial charge in [0.2, 0.25) is 0 Å².